The molecule has 0 aliphatic rings. The molecule has 0 aliphatic carbocycles. The number of nitrogens with zero attached hydrogens (tertiary/aromatic N) is 2. The van der Waals surface area contributed by atoms with Crippen molar-refractivity contribution in [2.45, 2.75) is 25.8 Å². The Hall–Kier alpha value is -1.27. The van der Waals surface area contributed by atoms with Gasteiger partial charge in [-0.05, 0) is 13.5 Å². The fourth-order valence-corrected chi connectivity index (χ4v) is 1.27. The zero-order valence-corrected chi connectivity index (χ0v) is 8.66. The Morgan fingerprint density at radius 2 is 2.50 bits per heavy atom. The number of imidazole rings is 1. The second-order valence-corrected chi connectivity index (χ2v) is 3.26. The number of hydrogen-bond donors (Lipinski definition) is 1. The van der Waals surface area contributed by atoms with Crippen LogP contribution in [0.5, 0.6) is 0 Å². The third kappa shape index (κ3) is 3.63. The molecule has 1 aromatic rings. The van der Waals surface area contributed by atoms with Gasteiger partial charge in [-0.1, -0.05) is 0 Å². The third-order valence-electron chi connectivity index (χ3n) is 2.06. The third-order valence-corrected chi connectivity index (χ3v) is 2.06. The van der Waals surface area contributed by atoms with Gasteiger partial charge >= 0.3 is 0 Å². The van der Waals surface area contributed by atoms with Gasteiger partial charge in [-0.2, -0.15) is 0 Å². The van der Waals surface area contributed by atoms with E-state index < -0.39 is 0 Å². The van der Waals surface area contributed by atoms with Gasteiger partial charge in [0.25, 0.3) is 0 Å². The van der Waals surface area contributed by atoms with Gasteiger partial charge in [-0.3, -0.25) is 0 Å². The maximum atomic E-state index is 5.18. The van der Waals surface area contributed by atoms with Crippen molar-refractivity contribution in [2.75, 3.05) is 13.6 Å². The molecule has 0 amide bonds. The van der Waals surface area contributed by atoms with E-state index in [0.29, 0.717) is 0 Å². The van der Waals surface area contributed by atoms with Crippen molar-refractivity contribution in [3.8, 4) is 12.3 Å². The molecular weight excluding hydrogens is 174 g/mol. The molecule has 0 saturated carbocycles. The van der Waals surface area contributed by atoms with Crippen molar-refractivity contribution in [1.29, 1.82) is 0 Å². The number of likely N-dealkylation sites (N-methyl/N-ethyl adjacent to an activating group) is 1. The Morgan fingerprint density at radius 3 is 3.21 bits per heavy atom. The van der Waals surface area contributed by atoms with Gasteiger partial charge in [0.05, 0.1) is 12.0 Å². The smallest absolute Gasteiger partial charge is 0.0949 e. The SMILES string of the molecule is C#CCCCn1cnc(CCNC)c1. The van der Waals surface area contributed by atoms with Crippen LogP contribution in [0.3, 0.4) is 0 Å². The van der Waals surface area contributed by atoms with Gasteiger partial charge in [-0.25, -0.2) is 4.98 Å². The van der Waals surface area contributed by atoms with E-state index in [0.717, 1.165) is 38.0 Å². The van der Waals surface area contributed by atoms with Gasteiger partial charge in [0.15, 0.2) is 0 Å². The van der Waals surface area contributed by atoms with E-state index in [1.54, 1.807) is 0 Å². The highest BCUT2D eigenvalue weighted by atomic mass is 15.0. The Kier molecular flexibility index (Phi) is 4.81. The lowest BCUT2D eigenvalue weighted by atomic mass is 10.3. The number of unbranched alkanes of at least 4 members (excludes halogenated alkanes) is 1. The molecule has 1 rings (SSSR count). The quantitative estimate of drug-likeness (QED) is 0.538. The van der Waals surface area contributed by atoms with Crippen LogP contribution in [0.1, 0.15) is 18.5 Å². The summed E-state index contributed by atoms with van der Waals surface area (Å²) in [5, 5.41) is 3.10. The second kappa shape index (κ2) is 6.22. The average molecular weight is 191 g/mol. The van der Waals surface area contributed by atoms with Crippen molar-refractivity contribution < 1.29 is 0 Å². The molecule has 0 bridgehead atoms. The second-order valence-electron chi connectivity index (χ2n) is 3.26. The minimum atomic E-state index is 0.837. The first-order chi connectivity index (χ1) is 6.86. The Bertz CT molecular complexity index is 296. The van der Waals surface area contributed by atoms with E-state index in [1.165, 1.54) is 0 Å². The van der Waals surface area contributed by atoms with Gasteiger partial charge in [0.2, 0.25) is 0 Å². The molecule has 0 spiro atoms. The molecular formula is C11H17N3. The monoisotopic (exact) mass is 191 g/mol. The van der Waals surface area contributed by atoms with E-state index in [9.17, 15) is 0 Å². The molecule has 0 fully saturated rings. The molecule has 0 radical (unpaired) electrons. The van der Waals surface area contributed by atoms with Gasteiger partial charge in [0, 0.05) is 32.1 Å². The molecule has 0 aromatic carbocycles. The standard InChI is InChI=1S/C11H17N3/c1-3-4-5-8-14-9-11(13-10-14)6-7-12-2/h1,9-10,12H,4-8H2,2H3. The molecule has 3 heteroatoms. The summed E-state index contributed by atoms with van der Waals surface area (Å²) in [6, 6.07) is 0. The van der Waals surface area contributed by atoms with Gasteiger partial charge < -0.3 is 9.88 Å². The first-order valence-electron chi connectivity index (χ1n) is 4.95. The number of hydrogen-bond acceptors (Lipinski definition) is 2. The summed E-state index contributed by atoms with van der Waals surface area (Å²) in [4.78, 5) is 4.30. The molecule has 1 heterocycles. The minimum absolute atomic E-state index is 0.837. The number of terminal acetylenes is 1. The highest BCUT2D eigenvalue weighted by molar-refractivity contribution is 4.97. The van der Waals surface area contributed by atoms with Crippen LogP contribution < -0.4 is 5.32 Å². The first kappa shape index (κ1) is 10.8. The van der Waals surface area contributed by atoms with Crippen LogP contribution in [-0.4, -0.2) is 23.1 Å². The van der Waals surface area contributed by atoms with E-state index in [-0.39, 0.29) is 0 Å². The maximum absolute atomic E-state index is 5.18. The topological polar surface area (TPSA) is 29.9 Å². The summed E-state index contributed by atoms with van der Waals surface area (Å²) < 4.78 is 2.10. The molecule has 1 N–H and O–H groups in total. The largest absolute Gasteiger partial charge is 0.337 e. The zero-order chi connectivity index (χ0) is 10.2. The van der Waals surface area contributed by atoms with Crippen molar-refractivity contribution in [2.24, 2.45) is 0 Å². The average Bonchev–Trinajstić information content (AvgIpc) is 2.63. The van der Waals surface area contributed by atoms with Crippen molar-refractivity contribution in [3.63, 3.8) is 0 Å². The highest BCUT2D eigenvalue weighted by Crippen LogP contribution is 1.99. The Labute approximate surface area is 85.5 Å². The summed E-state index contributed by atoms with van der Waals surface area (Å²) in [7, 11) is 1.95. The van der Waals surface area contributed by atoms with Crippen LogP contribution in [0.15, 0.2) is 12.5 Å². The molecule has 0 unspecified atom stereocenters. The predicted molar refractivity (Wildman–Crippen MR) is 57.9 cm³/mol. The van der Waals surface area contributed by atoms with E-state index in [2.05, 4.69) is 27.0 Å². The van der Waals surface area contributed by atoms with Crippen LogP contribution in [0, 0.1) is 12.3 Å². The van der Waals surface area contributed by atoms with Crippen molar-refractivity contribution in [1.82, 2.24) is 14.9 Å². The fourth-order valence-electron chi connectivity index (χ4n) is 1.27. The highest BCUT2D eigenvalue weighted by Gasteiger charge is 1.97. The predicted octanol–water partition coefficient (Wildman–Crippen LogP) is 1.06. The minimum Gasteiger partial charge on any atom is -0.337 e. The van der Waals surface area contributed by atoms with Gasteiger partial charge in [0.1, 0.15) is 0 Å². The van der Waals surface area contributed by atoms with Crippen LogP contribution in [-0.2, 0) is 13.0 Å². The molecule has 76 valence electrons. The van der Waals surface area contributed by atoms with Crippen LogP contribution in [0.4, 0.5) is 0 Å². The van der Waals surface area contributed by atoms with Gasteiger partial charge in [-0.15, -0.1) is 12.3 Å². The van der Waals surface area contributed by atoms with E-state index in [1.807, 2.05) is 13.4 Å². The first-order valence-corrected chi connectivity index (χ1v) is 4.95. The maximum Gasteiger partial charge on any atom is 0.0949 e. The van der Waals surface area contributed by atoms with Crippen molar-refractivity contribution >= 4 is 0 Å². The number of nitrogens with one attached hydrogen (secondary N) is 1. The molecule has 0 aliphatic heterocycles. The lowest BCUT2D eigenvalue weighted by molar-refractivity contribution is 0.654. The summed E-state index contributed by atoms with van der Waals surface area (Å²) in [6.07, 6.45) is 12.0. The van der Waals surface area contributed by atoms with E-state index >= 15 is 0 Å². The van der Waals surface area contributed by atoms with Crippen LogP contribution in [0.25, 0.3) is 0 Å². The summed E-state index contributed by atoms with van der Waals surface area (Å²) in [5.74, 6) is 2.64. The van der Waals surface area contributed by atoms with Crippen molar-refractivity contribution in [3.05, 3.63) is 18.2 Å². The Balaban J connectivity index is 2.32. The Morgan fingerprint density at radius 1 is 1.64 bits per heavy atom. The van der Waals surface area contributed by atoms with E-state index in [4.69, 9.17) is 6.42 Å². The summed E-state index contributed by atoms with van der Waals surface area (Å²) in [5.41, 5.74) is 1.14. The summed E-state index contributed by atoms with van der Waals surface area (Å²) >= 11 is 0. The fraction of sp³-hybridized carbons (Fsp3) is 0.545. The number of aryl methyl sites for hydroxylation is 1. The molecule has 14 heavy (non-hydrogen) atoms. The molecule has 0 saturated heterocycles. The molecule has 1 aromatic heterocycles. The lowest BCUT2D eigenvalue weighted by Gasteiger charge is -1.98. The number of aromatic nitrogens is 2. The van der Waals surface area contributed by atoms with Crippen LogP contribution in [0.2, 0.25) is 0 Å². The molecule has 0 atom stereocenters. The normalized spacial score (nSPS) is 10.0. The zero-order valence-electron chi connectivity index (χ0n) is 8.66. The lowest BCUT2D eigenvalue weighted by Crippen LogP contribution is -2.10. The molecule has 3 nitrogen and oxygen atoms in total. The van der Waals surface area contributed by atoms with Crippen LogP contribution >= 0.6 is 0 Å². The summed E-state index contributed by atoms with van der Waals surface area (Å²) in [6.45, 7) is 1.94. The number of rotatable bonds is 6.